The zero-order chi connectivity index (χ0) is 11.9. The van der Waals surface area contributed by atoms with Crippen LogP contribution in [0.3, 0.4) is 0 Å². The number of hydrogen-bond acceptors (Lipinski definition) is 2. The smallest absolute Gasteiger partial charge is 0.0225 e. The molecule has 0 aromatic rings. The van der Waals surface area contributed by atoms with Gasteiger partial charge < -0.3 is 5.32 Å². The monoisotopic (exact) mass is 231 g/mol. The van der Waals surface area contributed by atoms with Crippen molar-refractivity contribution in [3.05, 3.63) is 0 Å². The molecule has 0 saturated carbocycles. The summed E-state index contributed by atoms with van der Waals surface area (Å²) in [7, 11) is 0. The van der Waals surface area contributed by atoms with Gasteiger partial charge in [-0.1, -0.05) is 27.2 Å². The van der Waals surface area contributed by atoms with Gasteiger partial charge in [0.2, 0.25) is 0 Å². The summed E-state index contributed by atoms with van der Waals surface area (Å²) in [4.78, 5) is 0. The Balaban J connectivity index is 3.99. The molecule has 1 N–H and O–H groups in total. The highest BCUT2D eigenvalue weighted by Crippen LogP contribution is 2.21. The molecular formula is C13H29NS. The fourth-order valence-corrected chi connectivity index (χ4v) is 2.08. The SMILES string of the molecule is CCCC(C)C(CC)NCC(C)(C)SC. The fourth-order valence-electron chi connectivity index (χ4n) is 1.85. The number of hydrogen-bond donors (Lipinski definition) is 1. The van der Waals surface area contributed by atoms with Gasteiger partial charge >= 0.3 is 0 Å². The first-order chi connectivity index (χ1) is 6.96. The van der Waals surface area contributed by atoms with Crippen molar-refractivity contribution >= 4 is 11.8 Å². The van der Waals surface area contributed by atoms with Crippen molar-refractivity contribution in [1.82, 2.24) is 5.32 Å². The lowest BCUT2D eigenvalue weighted by Gasteiger charge is -2.29. The molecule has 0 amide bonds. The normalized spacial score (nSPS) is 16.4. The maximum Gasteiger partial charge on any atom is 0.0225 e. The standard InChI is InChI=1S/C13H29NS/c1-7-9-11(3)12(8-2)14-10-13(4,5)15-6/h11-12,14H,7-10H2,1-6H3. The van der Waals surface area contributed by atoms with E-state index >= 15 is 0 Å². The fraction of sp³-hybridized carbons (Fsp3) is 1.00. The first-order valence-electron chi connectivity index (χ1n) is 6.25. The highest BCUT2D eigenvalue weighted by molar-refractivity contribution is 7.99. The van der Waals surface area contributed by atoms with Crippen LogP contribution in [0.1, 0.15) is 53.9 Å². The van der Waals surface area contributed by atoms with Gasteiger partial charge in [-0.15, -0.1) is 0 Å². The highest BCUT2D eigenvalue weighted by atomic mass is 32.2. The largest absolute Gasteiger partial charge is 0.312 e. The van der Waals surface area contributed by atoms with Gasteiger partial charge in [-0.05, 0) is 38.9 Å². The third kappa shape index (κ3) is 6.47. The Morgan fingerprint density at radius 3 is 2.27 bits per heavy atom. The van der Waals surface area contributed by atoms with Gasteiger partial charge in [-0.3, -0.25) is 0 Å². The summed E-state index contributed by atoms with van der Waals surface area (Å²) in [6, 6.07) is 0.691. The molecule has 0 bridgehead atoms. The lowest BCUT2D eigenvalue weighted by molar-refractivity contribution is 0.338. The van der Waals surface area contributed by atoms with Crippen LogP contribution >= 0.6 is 11.8 Å². The van der Waals surface area contributed by atoms with Gasteiger partial charge in [0.1, 0.15) is 0 Å². The number of nitrogens with one attached hydrogen (secondary N) is 1. The van der Waals surface area contributed by atoms with Gasteiger partial charge in [0.25, 0.3) is 0 Å². The molecule has 2 atom stereocenters. The van der Waals surface area contributed by atoms with E-state index in [9.17, 15) is 0 Å². The summed E-state index contributed by atoms with van der Waals surface area (Å²) in [6.07, 6.45) is 6.07. The van der Waals surface area contributed by atoms with E-state index in [1.807, 2.05) is 11.8 Å². The molecule has 0 saturated heterocycles. The van der Waals surface area contributed by atoms with Crippen LogP contribution in [0.2, 0.25) is 0 Å². The molecule has 0 radical (unpaired) electrons. The minimum absolute atomic E-state index is 0.360. The van der Waals surface area contributed by atoms with Gasteiger partial charge in [0, 0.05) is 17.3 Å². The maximum absolute atomic E-state index is 3.72. The Bertz CT molecular complexity index is 157. The van der Waals surface area contributed by atoms with E-state index in [4.69, 9.17) is 0 Å². The summed E-state index contributed by atoms with van der Waals surface area (Å²) in [6.45, 7) is 12.7. The number of thioether (sulfide) groups is 1. The molecule has 15 heavy (non-hydrogen) atoms. The Labute approximate surface area is 101 Å². The van der Waals surface area contributed by atoms with Crippen LogP contribution in [0, 0.1) is 5.92 Å². The Hall–Kier alpha value is 0.310. The van der Waals surface area contributed by atoms with Crippen LogP contribution in [0.5, 0.6) is 0 Å². The number of rotatable bonds is 8. The Morgan fingerprint density at radius 2 is 1.87 bits per heavy atom. The first kappa shape index (κ1) is 15.3. The van der Waals surface area contributed by atoms with Gasteiger partial charge in [0.15, 0.2) is 0 Å². The second-order valence-electron chi connectivity index (χ2n) is 5.13. The van der Waals surface area contributed by atoms with E-state index in [1.165, 1.54) is 19.3 Å². The molecule has 0 aliphatic rings. The molecule has 0 aromatic heterocycles. The second-order valence-corrected chi connectivity index (χ2v) is 6.64. The summed E-state index contributed by atoms with van der Waals surface area (Å²) < 4.78 is 0.360. The molecule has 92 valence electrons. The van der Waals surface area contributed by atoms with Crippen LogP contribution in [-0.2, 0) is 0 Å². The molecular weight excluding hydrogens is 202 g/mol. The van der Waals surface area contributed by atoms with Crippen molar-refractivity contribution in [2.75, 3.05) is 12.8 Å². The van der Waals surface area contributed by atoms with Crippen LogP contribution in [-0.4, -0.2) is 23.6 Å². The van der Waals surface area contributed by atoms with Crippen molar-refractivity contribution < 1.29 is 0 Å². The predicted octanol–water partition coefficient (Wildman–Crippen LogP) is 3.93. The summed E-state index contributed by atoms with van der Waals surface area (Å²) in [5, 5.41) is 3.72. The Morgan fingerprint density at radius 1 is 1.27 bits per heavy atom. The predicted molar refractivity (Wildman–Crippen MR) is 73.7 cm³/mol. The minimum atomic E-state index is 0.360. The molecule has 0 fully saturated rings. The van der Waals surface area contributed by atoms with E-state index in [1.54, 1.807) is 0 Å². The zero-order valence-corrected chi connectivity index (χ0v) is 12.2. The van der Waals surface area contributed by atoms with Crippen LogP contribution in [0.25, 0.3) is 0 Å². The van der Waals surface area contributed by atoms with Gasteiger partial charge in [-0.25, -0.2) is 0 Å². The lowest BCUT2D eigenvalue weighted by atomic mass is 9.94. The van der Waals surface area contributed by atoms with Crippen molar-refractivity contribution in [2.24, 2.45) is 5.92 Å². The van der Waals surface area contributed by atoms with E-state index in [2.05, 4.69) is 46.2 Å². The first-order valence-corrected chi connectivity index (χ1v) is 7.47. The maximum atomic E-state index is 3.72. The van der Waals surface area contributed by atoms with E-state index < -0.39 is 0 Å². The molecule has 0 spiro atoms. The van der Waals surface area contributed by atoms with Crippen molar-refractivity contribution in [3.63, 3.8) is 0 Å². The summed E-state index contributed by atoms with van der Waals surface area (Å²) in [5.41, 5.74) is 0. The minimum Gasteiger partial charge on any atom is -0.312 e. The van der Waals surface area contributed by atoms with Crippen molar-refractivity contribution in [3.8, 4) is 0 Å². The molecule has 2 unspecified atom stereocenters. The van der Waals surface area contributed by atoms with E-state index in [0.717, 1.165) is 12.5 Å². The molecule has 2 heteroatoms. The summed E-state index contributed by atoms with van der Waals surface area (Å²) >= 11 is 1.94. The third-order valence-corrected chi connectivity index (χ3v) is 4.46. The van der Waals surface area contributed by atoms with E-state index in [-0.39, 0.29) is 0 Å². The summed E-state index contributed by atoms with van der Waals surface area (Å²) in [5.74, 6) is 0.803. The van der Waals surface area contributed by atoms with Crippen LogP contribution in [0.4, 0.5) is 0 Å². The van der Waals surface area contributed by atoms with Gasteiger partial charge in [-0.2, -0.15) is 11.8 Å². The van der Waals surface area contributed by atoms with E-state index in [0.29, 0.717) is 10.8 Å². The Kier molecular flexibility index (Phi) is 7.72. The highest BCUT2D eigenvalue weighted by Gasteiger charge is 2.20. The zero-order valence-electron chi connectivity index (χ0n) is 11.4. The van der Waals surface area contributed by atoms with Crippen molar-refractivity contribution in [2.45, 2.75) is 64.7 Å². The van der Waals surface area contributed by atoms with Crippen LogP contribution in [0.15, 0.2) is 0 Å². The second kappa shape index (κ2) is 7.56. The molecule has 0 heterocycles. The topological polar surface area (TPSA) is 12.0 Å². The van der Waals surface area contributed by atoms with Crippen molar-refractivity contribution in [1.29, 1.82) is 0 Å². The third-order valence-electron chi connectivity index (χ3n) is 3.21. The molecule has 1 nitrogen and oxygen atoms in total. The molecule has 0 rings (SSSR count). The molecule has 0 aliphatic carbocycles. The molecule has 0 aromatic carbocycles. The average molecular weight is 231 g/mol. The quantitative estimate of drug-likeness (QED) is 0.679. The lowest BCUT2D eigenvalue weighted by Crippen LogP contribution is -2.41. The average Bonchev–Trinajstić information content (AvgIpc) is 2.19. The van der Waals surface area contributed by atoms with Gasteiger partial charge in [0.05, 0.1) is 0 Å². The van der Waals surface area contributed by atoms with Crippen LogP contribution < -0.4 is 5.32 Å². The molecule has 0 aliphatic heterocycles.